The van der Waals surface area contributed by atoms with Crippen LogP contribution in [0.2, 0.25) is 10.0 Å². The summed E-state index contributed by atoms with van der Waals surface area (Å²) >= 11 is 11.8. The van der Waals surface area contributed by atoms with Gasteiger partial charge in [-0.15, -0.1) is 0 Å². The van der Waals surface area contributed by atoms with Gasteiger partial charge in [0.15, 0.2) is 6.61 Å². The minimum absolute atomic E-state index is 0.119. The predicted octanol–water partition coefficient (Wildman–Crippen LogP) is 3.66. The Balaban J connectivity index is 1.49. The minimum Gasteiger partial charge on any atom is -0.482 e. The molecule has 1 aromatic rings. The van der Waals surface area contributed by atoms with Crippen LogP contribution in [0.25, 0.3) is 0 Å². The van der Waals surface area contributed by atoms with E-state index in [1.165, 1.54) is 19.3 Å². The molecule has 4 nitrogen and oxygen atoms in total. The second kappa shape index (κ2) is 6.24. The molecule has 2 aliphatic carbocycles. The van der Waals surface area contributed by atoms with Crippen LogP contribution in [0.5, 0.6) is 5.75 Å². The molecular formula is C15H16Cl2N2O2. The van der Waals surface area contributed by atoms with Crippen molar-refractivity contribution in [3.05, 3.63) is 28.2 Å². The first-order chi connectivity index (χ1) is 10.1. The average molecular weight is 327 g/mol. The third-order valence-electron chi connectivity index (χ3n) is 4.09. The van der Waals surface area contributed by atoms with E-state index < -0.39 is 0 Å². The fraction of sp³-hybridized carbons (Fsp3) is 0.467. The second-order valence-corrected chi connectivity index (χ2v) is 6.43. The number of nitrogens with one attached hydrogen (secondary N) is 1. The first-order valence-corrected chi connectivity index (χ1v) is 7.80. The van der Waals surface area contributed by atoms with E-state index in [2.05, 4.69) is 10.5 Å². The highest BCUT2D eigenvalue weighted by Gasteiger charge is 2.36. The molecule has 2 aliphatic rings. The number of hydrogen-bond acceptors (Lipinski definition) is 3. The molecule has 1 amide bonds. The van der Waals surface area contributed by atoms with Gasteiger partial charge in [-0.3, -0.25) is 4.79 Å². The Bertz CT molecular complexity index is 589. The first-order valence-electron chi connectivity index (χ1n) is 7.05. The number of ether oxygens (including phenoxy) is 1. The normalized spacial score (nSPS) is 25.3. The third kappa shape index (κ3) is 3.50. The van der Waals surface area contributed by atoms with Gasteiger partial charge < -0.3 is 4.74 Å². The fourth-order valence-corrected chi connectivity index (χ4v) is 3.53. The standard InChI is InChI=1S/C15H16Cl2N2O2/c16-11-3-4-14(12(17)7-11)21-8-15(20)19-18-13-6-9-1-2-10(13)5-9/h3-4,7,9-10H,1-2,5-6,8H2,(H,19,20)/b18-13+. The molecule has 2 atom stereocenters. The largest absolute Gasteiger partial charge is 0.482 e. The molecule has 112 valence electrons. The summed E-state index contributed by atoms with van der Waals surface area (Å²) in [6, 6.07) is 4.88. The van der Waals surface area contributed by atoms with E-state index in [0.29, 0.717) is 21.7 Å². The topological polar surface area (TPSA) is 50.7 Å². The number of hydrogen-bond donors (Lipinski definition) is 1. The Kier molecular flexibility index (Phi) is 4.36. The summed E-state index contributed by atoms with van der Waals surface area (Å²) in [5.74, 6) is 1.50. The van der Waals surface area contributed by atoms with Crippen molar-refractivity contribution in [1.82, 2.24) is 5.43 Å². The number of hydrazone groups is 1. The molecule has 0 radical (unpaired) electrons. The molecule has 0 spiro atoms. The van der Waals surface area contributed by atoms with Gasteiger partial charge in [0.05, 0.1) is 5.02 Å². The van der Waals surface area contributed by atoms with Crippen LogP contribution in [0.1, 0.15) is 25.7 Å². The lowest BCUT2D eigenvalue weighted by Crippen LogP contribution is -2.27. The van der Waals surface area contributed by atoms with Crippen LogP contribution in [0, 0.1) is 11.8 Å². The van der Waals surface area contributed by atoms with E-state index in [1.54, 1.807) is 18.2 Å². The van der Waals surface area contributed by atoms with Crippen molar-refractivity contribution < 1.29 is 9.53 Å². The molecule has 2 saturated carbocycles. The number of nitrogens with zero attached hydrogens (tertiary/aromatic N) is 1. The van der Waals surface area contributed by atoms with Crippen LogP contribution in [0.3, 0.4) is 0 Å². The zero-order chi connectivity index (χ0) is 14.8. The van der Waals surface area contributed by atoms with Gasteiger partial charge in [0, 0.05) is 10.7 Å². The molecule has 2 bridgehead atoms. The van der Waals surface area contributed by atoms with Crippen LogP contribution < -0.4 is 10.2 Å². The smallest absolute Gasteiger partial charge is 0.277 e. The van der Waals surface area contributed by atoms with Gasteiger partial charge in [-0.05, 0) is 55.7 Å². The van der Waals surface area contributed by atoms with Crippen molar-refractivity contribution in [2.75, 3.05) is 6.61 Å². The molecule has 1 N–H and O–H groups in total. The number of halogens is 2. The van der Waals surface area contributed by atoms with Crippen molar-refractivity contribution in [2.45, 2.75) is 25.7 Å². The molecule has 0 aromatic heterocycles. The Morgan fingerprint density at radius 1 is 1.38 bits per heavy atom. The van der Waals surface area contributed by atoms with Crippen molar-refractivity contribution in [1.29, 1.82) is 0 Å². The Morgan fingerprint density at radius 3 is 2.90 bits per heavy atom. The Labute approximate surface area is 133 Å². The van der Waals surface area contributed by atoms with Crippen LogP contribution in [-0.2, 0) is 4.79 Å². The van der Waals surface area contributed by atoms with Gasteiger partial charge in [0.2, 0.25) is 0 Å². The SMILES string of the molecule is O=C(COc1ccc(Cl)cc1Cl)N/N=C1\CC2CCC1C2. The summed E-state index contributed by atoms with van der Waals surface area (Å²) in [6.07, 6.45) is 4.76. The highest BCUT2D eigenvalue weighted by molar-refractivity contribution is 6.35. The van der Waals surface area contributed by atoms with Crippen LogP contribution in [0.15, 0.2) is 23.3 Å². The van der Waals surface area contributed by atoms with E-state index in [1.807, 2.05) is 0 Å². The zero-order valence-electron chi connectivity index (χ0n) is 11.4. The Hall–Kier alpha value is -1.26. The lowest BCUT2D eigenvalue weighted by atomic mass is 9.99. The fourth-order valence-electron chi connectivity index (χ4n) is 3.06. The van der Waals surface area contributed by atoms with Crippen molar-refractivity contribution in [2.24, 2.45) is 16.9 Å². The number of carbonyl (C=O) groups is 1. The van der Waals surface area contributed by atoms with E-state index >= 15 is 0 Å². The highest BCUT2D eigenvalue weighted by atomic mass is 35.5. The molecule has 1 aromatic carbocycles. The number of carbonyl (C=O) groups excluding carboxylic acids is 1. The van der Waals surface area contributed by atoms with Gasteiger partial charge in [-0.1, -0.05) is 23.2 Å². The van der Waals surface area contributed by atoms with Crippen LogP contribution in [-0.4, -0.2) is 18.2 Å². The van der Waals surface area contributed by atoms with Gasteiger partial charge in [0.1, 0.15) is 5.75 Å². The van der Waals surface area contributed by atoms with Crippen LogP contribution >= 0.6 is 23.2 Å². The third-order valence-corrected chi connectivity index (χ3v) is 4.62. The maximum atomic E-state index is 11.7. The van der Waals surface area contributed by atoms with Crippen molar-refractivity contribution in [3.63, 3.8) is 0 Å². The quantitative estimate of drug-likeness (QED) is 0.858. The summed E-state index contributed by atoms with van der Waals surface area (Å²) in [7, 11) is 0. The maximum Gasteiger partial charge on any atom is 0.277 e. The van der Waals surface area contributed by atoms with E-state index in [-0.39, 0.29) is 12.5 Å². The molecule has 21 heavy (non-hydrogen) atoms. The minimum atomic E-state index is -0.281. The molecule has 0 saturated heterocycles. The maximum absolute atomic E-state index is 11.7. The summed E-state index contributed by atoms with van der Waals surface area (Å²) in [4.78, 5) is 11.7. The lowest BCUT2D eigenvalue weighted by Gasteiger charge is -2.12. The zero-order valence-corrected chi connectivity index (χ0v) is 13.0. The van der Waals surface area contributed by atoms with E-state index in [4.69, 9.17) is 27.9 Å². The summed E-state index contributed by atoms with van der Waals surface area (Å²) in [5, 5.41) is 5.15. The summed E-state index contributed by atoms with van der Waals surface area (Å²) < 4.78 is 5.36. The molecule has 0 aliphatic heterocycles. The number of fused-ring (bicyclic) bond motifs is 2. The van der Waals surface area contributed by atoms with Gasteiger partial charge in [-0.25, -0.2) is 5.43 Å². The lowest BCUT2D eigenvalue weighted by molar-refractivity contribution is -0.123. The van der Waals surface area contributed by atoms with E-state index in [9.17, 15) is 4.79 Å². The summed E-state index contributed by atoms with van der Waals surface area (Å²) in [5.41, 5.74) is 3.69. The molecule has 2 unspecified atom stereocenters. The average Bonchev–Trinajstić information content (AvgIpc) is 3.06. The number of rotatable bonds is 4. The predicted molar refractivity (Wildman–Crippen MR) is 83.0 cm³/mol. The van der Waals surface area contributed by atoms with E-state index in [0.717, 1.165) is 18.1 Å². The van der Waals surface area contributed by atoms with Gasteiger partial charge >= 0.3 is 0 Å². The number of amides is 1. The first kappa shape index (κ1) is 14.7. The Morgan fingerprint density at radius 2 is 2.24 bits per heavy atom. The molecule has 3 rings (SSSR count). The van der Waals surface area contributed by atoms with Gasteiger partial charge in [0.25, 0.3) is 5.91 Å². The van der Waals surface area contributed by atoms with Crippen molar-refractivity contribution in [3.8, 4) is 5.75 Å². The molecule has 2 fully saturated rings. The van der Waals surface area contributed by atoms with Crippen LogP contribution in [0.4, 0.5) is 0 Å². The highest BCUT2D eigenvalue weighted by Crippen LogP contribution is 2.42. The monoisotopic (exact) mass is 326 g/mol. The van der Waals surface area contributed by atoms with Crippen molar-refractivity contribution >= 4 is 34.8 Å². The molecule has 6 heteroatoms. The number of benzene rings is 1. The molecule has 0 heterocycles. The van der Waals surface area contributed by atoms with Gasteiger partial charge in [-0.2, -0.15) is 5.10 Å². The molecular weight excluding hydrogens is 311 g/mol. The second-order valence-electron chi connectivity index (χ2n) is 5.58. The summed E-state index contributed by atoms with van der Waals surface area (Å²) in [6.45, 7) is -0.119.